The first-order chi connectivity index (χ1) is 8.25. The molecule has 0 radical (unpaired) electrons. The predicted molar refractivity (Wildman–Crippen MR) is 69.3 cm³/mol. The molecular weight excluding hydrogens is 234 g/mol. The second kappa shape index (κ2) is 5.47. The van der Waals surface area contributed by atoms with E-state index < -0.39 is 6.03 Å². The van der Waals surface area contributed by atoms with Gasteiger partial charge in [-0.1, -0.05) is 30.3 Å². The molecule has 1 heterocycles. The van der Waals surface area contributed by atoms with Crippen molar-refractivity contribution in [1.29, 1.82) is 0 Å². The van der Waals surface area contributed by atoms with E-state index in [1.807, 2.05) is 18.2 Å². The van der Waals surface area contributed by atoms with Crippen molar-refractivity contribution >= 4 is 17.4 Å². The van der Waals surface area contributed by atoms with E-state index in [9.17, 15) is 4.79 Å². The number of nitrogens with two attached hydrogens (primary N) is 1. The van der Waals surface area contributed by atoms with Gasteiger partial charge in [0, 0.05) is 11.4 Å². The number of amides is 2. The Balaban J connectivity index is 1.96. The fourth-order valence-corrected chi connectivity index (χ4v) is 2.20. The van der Waals surface area contributed by atoms with Gasteiger partial charge in [-0.15, -0.1) is 11.3 Å². The largest absolute Gasteiger partial charge is 0.351 e. The van der Waals surface area contributed by atoms with E-state index in [0.29, 0.717) is 6.54 Å². The number of carbonyl (C=O) groups excluding carboxylic acids is 1. The second-order valence-electron chi connectivity index (χ2n) is 3.52. The summed E-state index contributed by atoms with van der Waals surface area (Å²) >= 11 is 1.71. The molecule has 0 fully saturated rings. The summed E-state index contributed by atoms with van der Waals surface area (Å²) in [6.07, 6.45) is 0. The Kier molecular flexibility index (Phi) is 3.74. The summed E-state index contributed by atoms with van der Waals surface area (Å²) in [6.45, 7) is 0.549. The van der Waals surface area contributed by atoms with Crippen molar-refractivity contribution < 1.29 is 4.79 Å². The minimum atomic E-state index is -0.583. The van der Waals surface area contributed by atoms with Crippen LogP contribution in [0.1, 0.15) is 5.56 Å². The Bertz CT molecular complexity index is 479. The Morgan fingerprint density at radius 1 is 1.24 bits per heavy atom. The molecule has 0 unspecified atom stereocenters. The maximum Gasteiger partial charge on any atom is 0.326 e. The summed E-state index contributed by atoms with van der Waals surface area (Å²) in [7, 11) is 0. The lowest BCUT2D eigenvalue weighted by molar-refractivity contribution is 0.244. The standard InChI is InChI=1S/C12H13N3OS/c13-12(16)15-14-8-9-3-5-10(6-4-9)11-2-1-7-17-11/h1-7,14H,8H2,(H3,13,15,16). The molecule has 0 aliphatic carbocycles. The van der Waals surface area contributed by atoms with Crippen LogP contribution in [-0.2, 0) is 6.54 Å². The lowest BCUT2D eigenvalue weighted by atomic mass is 10.1. The molecule has 0 aliphatic rings. The molecule has 2 rings (SSSR count). The molecule has 2 aromatic rings. The highest BCUT2D eigenvalue weighted by Crippen LogP contribution is 2.24. The number of hydrogen-bond acceptors (Lipinski definition) is 3. The average Bonchev–Trinajstić information content (AvgIpc) is 2.83. The van der Waals surface area contributed by atoms with Gasteiger partial charge in [0.25, 0.3) is 0 Å². The minimum Gasteiger partial charge on any atom is -0.351 e. The van der Waals surface area contributed by atoms with Crippen LogP contribution in [0.25, 0.3) is 10.4 Å². The summed E-state index contributed by atoms with van der Waals surface area (Å²) in [5.41, 5.74) is 12.3. The fourth-order valence-electron chi connectivity index (χ4n) is 1.46. The highest BCUT2D eigenvalue weighted by molar-refractivity contribution is 7.13. The Hall–Kier alpha value is -1.85. The van der Waals surface area contributed by atoms with Crippen molar-refractivity contribution in [3.8, 4) is 10.4 Å². The predicted octanol–water partition coefficient (Wildman–Crippen LogP) is 2.09. The first-order valence-electron chi connectivity index (χ1n) is 5.17. The van der Waals surface area contributed by atoms with Crippen molar-refractivity contribution in [3.05, 3.63) is 47.3 Å². The molecule has 1 aromatic carbocycles. The maximum atomic E-state index is 10.4. The average molecular weight is 247 g/mol. The van der Waals surface area contributed by atoms with Crippen LogP contribution < -0.4 is 16.6 Å². The van der Waals surface area contributed by atoms with Crippen molar-refractivity contribution in [2.45, 2.75) is 6.54 Å². The third-order valence-electron chi connectivity index (χ3n) is 2.26. The molecule has 0 spiro atoms. The van der Waals surface area contributed by atoms with Crippen LogP contribution in [0.4, 0.5) is 4.79 Å². The SMILES string of the molecule is NC(=O)NNCc1ccc(-c2cccs2)cc1. The van der Waals surface area contributed by atoms with Gasteiger partial charge in [0.05, 0.1) is 0 Å². The molecule has 0 aliphatic heterocycles. The van der Waals surface area contributed by atoms with Crippen molar-refractivity contribution in [2.75, 3.05) is 0 Å². The number of carbonyl (C=O) groups is 1. The first kappa shape index (κ1) is 11.6. The van der Waals surface area contributed by atoms with E-state index in [2.05, 4.69) is 34.4 Å². The Morgan fingerprint density at radius 3 is 2.59 bits per heavy atom. The molecule has 5 heteroatoms. The molecule has 88 valence electrons. The zero-order chi connectivity index (χ0) is 12.1. The van der Waals surface area contributed by atoms with Gasteiger partial charge >= 0.3 is 6.03 Å². The van der Waals surface area contributed by atoms with Crippen LogP contribution in [0, 0.1) is 0 Å². The summed E-state index contributed by atoms with van der Waals surface area (Å²) in [5.74, 6) is 0. The third-order valence-corrected chi connectivity index (χ3v) is 3.18. The summed E-state index contributed by atoms with van der Waals surface area (Å²) in [5, 5.41) is 2.06. The normalized spacial score (nSPS) is 10.1. The van der Waals surface area contributed by atoms with E-state index in [0.717, 1.165) is 5.56 Å². The second-order valence-corrected chi connectivity index (χ2v) is 4.46. The molecule has 0 saturated heterocycles. The van der Waals surface area contributed by atoms with Crippen LogP contribution in [0.3, 0.4) is 0 Å². The summed E-state index contributed by atoms with van der Waals surface area (Å²) in [6, 6.07) is 11.7. The van der Waals surface area contributed by atoms with Crippen molar-refractivity contribution in [1.82, 2.24) is 10.9 Å². The van der Waals surface area contributed by atoms with Crippen molar-refractivity contribution in [2.24, 2.45) is 5.73 Å². The van der Waals surface area contributed by atoms with Gasteiger partial charge in [0.2, 0.25) is 0 Å². The molecule has 0 saturated carbocycles. The number of nitrogens with one attached hydrogen (secondary N) is 2. The van der Waals surface area contributed by atoms with Gasteiger partial charge in [-0.2, -0.15) is 0 Å². The molecule has 4 nitrogen and oxygen atoms in total. The van der Waals surface area contributed by atoms with E-state index in [4.69, 9.17) is 5.73 Å². The van der Waals surface area contributed by atoms with Crippen LogP contribution >= 0.6 is 11.3 Å². The molecule has 2 amide bonds. The number of hydrogen-bond donors (Lipinski definition) is 3. The van der Waals surface area contributed by atoms with Gasteiger partial charge < -0.3 is 5.73 Å². The van der Waals surface area contributed by atoms with E-state index in [-0.39, 0.29) is 0 Å². The molecule has 17 heavy (non-hydrogen) atoms. The van der Waals surface area contributed by atoms with E-state index in [1.165, 1.54) is 10.4 Å². The number of urea groups is 1. The van der Waals surface area contributed by atoms with Gasteiger partial charge in [-0.05, 0) is 22.6 Å². The van der Waals surface area contributed by atoms with Gasteiger partial charge in [0.15, 0.2) is 0 Å². The van der Waals surface area contributed by atoms with Crippen molar-refractivity contribution in [3.63, 3.8) is 0 Å². The minimum absolute atomic E-state index is 0.549. The molecule has 4 N–H and O–H groups in total. The monoisotopic (exact) mass is 247 g/mol. The first-order valence-corrected chi connectivity index (χ1v) is 6.05. The van der Waals surface area contributed by atoms with E-state index >= 15 is 0 Å². The van der Waals surface area contributed by atoms with E-state index in [1.54, 1.807) is 11.3 Å². The zero-order valence-corrected chi connectivity index (χ0v) is 9.96. The number of primary amides is 1. The quantitative estimate of drug-likeness (QED) is 0.724. The summed E-state index contributed by atoms with van der Waals surface area (Å²) < 4.78 is 0. The highest BCUT2D eigenvalue weighted by Gasteiger charge is 1.98. The van der Waals surface area contributed by atoms with Crippen LogP contribution in [-0.4, -0.2) is 6.03 Å². The highest BCUT2D eigenvalue weighted by atomic mass is 32.1. The number of benzene rings is 1. The maximum absolute atomic E-state index is 10.4. The van der Waals surface area contributed by atoms with Gasteiger partial charge in [-0.3, -0.25) is 5.43 Å². The third kappa shape index (κ3) is 3.30. The molecule has 0 bridgehead atoms. The zero-order valence-electron chi connectivity index (χ0n) is 9.14. The lowest BCUT2D eigenvalue weighted by Gasteiger charge is -2.05. The number of rotatable bonds is 4. The molecule has 0 atom stereocenters. The van der Waals surface area contributed by atoms with Gasteiger partial charge in [-0.25, -0.2) is 10.2 Å². The summed E-state index contributed by atoms with van der Waals surface area (Å²) in [4.78, 5) is 11.7. The molecule has 1 aromatic heterocycles. The van der Waals surface area contributed by atoms with Crippen LogP contribution in [0.15, 0.2) is 41.8 Å². The smallest absolute Gasteiger partial charge is 0.326 e. The van der Waals surface area contributed by atoms with Crippen LogP contribution in [0.5, 0.6) is 0 Å². The Labute approximate surface area is 103 Å². The Morgan fingerprint density at radius 2 is 2.00 bits per heavy atom. The number of thiophene rings is 1. The topological polar surface area (TPSA) is 67.2 Å². The fraction of sp³-hybridized carbons (Fsp3) is 0.0833. The van der Waals surface area contributed by atoms with Gasteiger partial charge in [0.1, 0.15) is 0 Å². The lowest BCUT2D eigenvalue weighted by Crippen LogP contribution is -2.40. The molecular formula is C12H13N3OS. The number of hydrazine groups is 1. The van der Waals surface area contributed by atoms with Crippen LogP contribution in [0.2, 0.25) is 0 Å².